The van der Waals surface area contributed by atoms with Crippen LogP contribution in [0.15, 0.2) is 37.5 Å². The summed E-state index contributed by atoms with van der Waals surface area (Å²) in [5.41, 5.74) is 0. The van der Waals surface area contributed by atoms with E-state index in [1.165, 1.54) is 0 Å². The van der Waals surface area contributed by atoms with Crippen molar-refractivity contribution in [1.82, 2.24) is 0 Å². The lowest BCUT2D eigenvalue weighted by Gasteiger charge is -1.94. The van der Waals surface area contributed by atoms with Crippen LogP contribution in [0.5, 0.6) is 0 Å². The minimum absolute atomic E-state index is 1.73. The highest BCUT2D eigenvalue weighted by molar-refractivity contribution is 5.13. The first-order valence-electron chi connectivity index (χ1n) is 2.48. The van der Waals surface area contributed by atoms with Crippen LogP contribution in [0, 0.1) is 12.8 Å². The first-order chi connectivity index (χ1) is 3.91. The third kappa shape index (κ3) is 4.96. The molecule has 0 radical (unpaired) electrons. The molecule has 0 N–H and O–H groups in total. The van der Waals surface area contributed by atoms with Crippen molar-refractivity contribution >= 4 is 0 Å². The maximum atomic E-state index is 3.51. The van der Waals surface area contributed by atoms with Gasteiger partial charge in [-0.25, -0.2) is 12.8 Å². The van der Waals surface area contributed by atoms with Crippen molar-refractivity contribution in [2.45, 2.75) is 0 Å². The second-order valence-electron chi connectivity index (χ2n) is 1.24. The summed E-state index contributed by atoms with van der Waals surface area (Å²) < 4.78 is 0. The molecule has 0 spiro atoms. The summed E-state index contributed by atoms with van der Waals surface area (Å²) in [4.78, 5) is 0. The van der Waals surface area contributed by atoms with Gasteiger partial charge < -0.3 is 0 Å². The molecule has 0 aliphatic carbocycles. The van der Waals surface area contributed by atoms with E-state index in [0.717, 1.165) is 0 Å². The molecule has 0 aromatic carbocycles. The lowest BCUT2D eigenvalue weighted by atomic mass is 10.3. The van der Waals surface area contributed by atoms with Crippen LogP contribution in [0.4, 0.5) is 0 Å². The number of rotatable bonds is 4. The highest BCUT2D eigenvalue weighted by atomic mass is 13.7. The Morgan fingerprint density at radius 3 is 1.50 bits per heavy atom. The second kappa shape index (κ2) is 5.96. The fourth-order valence-corrected chi connectivity index (χ4v) is 0.285. The van der Waals surface area contributed by atoms with Crippen molar-refractivity contribution in [2.24, 2.45) is 0 Å². The van der Waals surface area contributed by atoms with Gasteiger partial charge in [-0.2, -0.15) is 25.3 Å². The molecule has 0 saturated carbocycles. The summed E-state index contributed by atoms with van der Waals surface area (Å²) in [5, 5.41) is 0. The van der Waals surface area contributed by atoms with Crippen LogP contribution in [-0.4, -0.2) is 0 Å². The van der Waals surface area contributed by atoms with E-state index in [1.807, 2.05) is 25.0 Å². The molecular weight excluding hydrogens is 96.1 g/mol. The molecule has 0 atom stereocenters. The summed E-state index contributed by atoms with van der Waals surface area (Å²) in [6.45, 7) is 7.02. The Morgan fingerprint density at radius 2 is 1.25 bits per heavy atom. The molecule has 0 fully saturated rings. The van der Waals surface area contributed by atoms with Crippen LogP contribution >= 0.6 is 0 Å². The summed E-state index contributed by atoms with van der Waals surface area (Å²) >= 11 is 0. The molecule has 0 heterocycles. The van der Waals surface area contributed by atoms with Crippen LogP contribution in [0.2, 0.25) is 0 Å². The molecule has 44 valence electrons. The summed E-state index contributed by atoms with van der Waals surface area (Å²) in [6, 6.07) is 0. The average molecular weight is 106 g/mol. The van der Waals surface area contributed by atoms with Crippen molar-refractivity contribution < 1.29 is 0 Å². The van der Waals surface area contributed by atoms with E-state index in [9.17, 15) is 0 Å². The lowest BCUT2D eigenvalue weighted by molar-refractivity contribution is 1.70. The zero-order valence-corrected chi connectivity index (χ0v) is 4.88. The SMILES string of the molecule is C=C[CH-]/C=C/[CH-]C=C. The zero-order valence-electron chi connectivity index (χ0n) is 4.88. The second-order valence-corrected chi connectivity index (χ2v) is 1.24. The van der Waals surface area contributed by atoms with Gasteiger partial charge in [-0.1, -0.05) is 0 Å². The van der Waals surface area contributed by atoms with Gasteiger partial charge in [0.2, 0.25) is 0 Å². The normalized spacial score (nSPS) is 8.50. The predicted molar refractivity (Wildman–Crippen MR) is 38.1 cm³/mol. The molecular formula is C8H10-2. The third-order valence-corrected chi connectivity index (χ3v) is 0.605. The molecule has 0 amide bonds. The summed E-state index contributed by atoms with van der Waals surface area (Å²) in [5.74, 6) is 0. The number of hydrogen-bond acceptors (Lipinski definition) is 0. The van der Waals surface area contributed by atoms with Crippen LogP contribution in [-0.2, 0) is 0 Å². The van der Waals surface area contributed by atoms with Crippen molar-refractivity contribution in [3.63, 3.8) is 0 Å². The monoisotopic (exact) mass is 106 g/mol. The van der Waals surface area contributed by atoms with Gasteiger partial charge >= 0.3 is 0 Å². The van der Waals surface area contributed by atoms with Gasteiger partial charge in [-0.3, -0.25) is 12.2 Å². The van der Waals surface area contributed by atoms with E-state index in [4.69, 9.17) is 0 Å². The molecule has 0 unspecified atom stereocenters. The Labute approximate surface area is 51.2 Å². The number of allylic oxidation sites excluding steroid dienone is 4. The van der Waals surface area contributed by atoms with Crippen molar-refractivity contribution in [2.75, 3.05) is 0 Å². The Balaban J connectivity index is 3.06. The van der Waals surface area contributed by atoms with Crippen LogP contribution < -0.4 is 0 Å². The molecule has 8 heavy (non-hydrogen) atoms. The highest BCUT2D eigenvalue weighted by Crippen LogP contribution is 1.84. The van der Waals surface area contributed by atoms with Crippen LogP contribution in [0.3, 0.4) is 0 Å². The Hall–Kier alpha value is -1.04. The molecule has 0 heteroatoms. The van der Waals surface area contributed by atoms with Gasteiger partial charge in [0.1, 0.15) is 0 Å². The zero-order chi connectivity index (χ0) is 6.24. The molecule has 0 nitrogen and oxygen atoms in total. The standard InChI is InChI=1S/C8H10/c1-3-5-7-8-6-4-2/h3-8H,1-2H2/q-2/b8-7+. The minimum Gasteiger partial charge on any atom is -0.269 e. The first-order valence-corrected chi connectivity index (χ1v) is 2.48. The van der Waals surface area contributed by atoms with E-state index in [0.29, 0.717) is 0 Å². The van der Waals surface area contributed by atoms with Crippen molar-refractivity contribution in [3.05, 3.63) is 50.3 Å². The Bertz CT molecular complexity index is 76.2. The van der Waals surface area contributed by atoms with E-state index in [1.54, 1.807) is 12.2 Å². The largest absolute Gasteiger partial charge is 0.269 e. The summed E-state index contributed by atoms with van der Waals surface area (Å²) in [6.07, 6.45) is 11.0. The lowest BCUT2D eigenvalue weighted by Crippen LogP contribution is -1.58. The topological polar surface area (TPSA) is 0 Å². The molecule has 0 bridgehead atoms. The van der Waals surface area contributed by atoms with E-state index < -0.39 is 0 Å². The average Bonchev–Trinajstić information content (AvgIpc) is 1.81. The molecule has 0 rings (SSSR count). The highest BCUT2D eigenvalue weighted by Gasteiger charge is 1.48. The van der Waals surface area contributed by atoms with Crippen molar-refractivity contribution in [3.8, 4) is 0 Å². The third-order valence-electron chi connectivity index (χ3n) is 0.605. The maximum absolute atomic E-state index is 3.51. The van der Waals surface area contributed by atoms with Gasteiger partial charge in [0.05, 0.1) is 0 Å². The Morgan fingerprint density at radius 1 is 0.875 bits per heavy atom. The quantitative estimate of drug-likeness (QED) is 0.482. The van der Waals surface area contributed by atoms with E-state index in [2.05, 4.69) is 13.2 Å². The van der Waals surface area contributed by atoms with Gasteiger partial charge in [0.25, 0.3) is 0 Å². The molecule has 0 aliphatic rings. The summed E-state index contributed by atoms with van der Waals surface area (Å²) in [7, 11) is 0. The van der Waals surface area contributed by atoms with Gasteiger partial charge in [0, 0.05) is 0 Å². The first kappa shape index (κ1) is 6.96. The van der Waals surface area contributed by atoms with Crippen LogP contribution in [0.1, 0.15) is 0 Å². The smallest absolute Gasteiger partial charge is 0.190 e. The van der Waals surface area contributed by atoms with Gasteiger partial charge in [-0.05, 0) is 0 Å². The molecule has 0 aromatic heterocycles. The fraction of sp³-hybridized carbons (Fsp3) is 0. The minimum atomic E-state index is 1.73. The van der Waals surface area contributed by atoms with E-state index in [-0.39, 0.29) is 0 Å². The van der Waals surface area contributed by atoms with Crippen LogP contribution in [0.25, 0.3) is 0 Å². The van der Waals surface area contributed by atoms with Gasteiger partial charge in [0.15, 0.2) is 0 Å². The predicted octanol–water partition coefficient (Wildman–Crippen LogP) is 2.32. The fourth-order valence-electron chi connectivity index (χ4n) is 0.285. The molecule has 0 saturated heterocycles. The molecule has 0 aromatic rings. The Kier molecular flexibility index (Phi) is 5.19. The van der Waals surface area contributed by atoms with E-state index >= 15 is 0 Å². The number of hydrogen-bond donors (Lipinski definition) is 0. The maximum Gasteiger partial charge on any atom is -0.190 e. The van der Waals surface area contributed by atoms with Crippen molar-refractivity contribution in [1.29, 1.82) is 0 Å². The van der Waals surface area contributed by atoms with Gasteiger partial charge in [-0.15, -0.1) is 0 Å². The molecule has 0 aliphatic heterocycles.